The van der Waals surface area contributed by atoms with E-state index in [-0.39, 0.29) is 5.78 Å². The molecule has 0 saturated carbocycles. The van der Waals surface area contributed by atoms with Gasteiger partial charge in [-0.25, -0.2) is 0 Å². The van der Waals surface area contributed by atoms with Crippen molar-refractivity contribution in [1.29, 1.82) is 0 Å². The zero-order valence-corrected chi connectivity index (χ0v) is 12.6. The quantitative estimate of drug-likeness (QED) is 0.566. The van der Waals surface area contributed by atoms with Crippen LogP contribution >= 0.6 is 23.3 Å². The molecule has 0 aliphatic rings. The number of nitrogens with two attached hydrogens (primary N) is 1. The summed E-state index contributed by atoms with van der Waals surface area (Å²) in [6.45, 7) is 1.48. The first-order valence-electron chi connectivity index (χ1n) is 6.14. The number of nitrogen functional groups attached to an aromatic ring is 1. The Hall–Kier alpha value is -2.18. The van der Waals surface area contributed by atoms with E-state index < -0.39 is 0 Å². The minimum Gasteiger partial charge on any atom is -0.398 e. The summed E-state index contributed by atoms with van der Waals surface area (Å²) in [5.74, 6) is -0.0872. The molecule has 5 nitrogen and oxygen atoms in total. The van der Waals surface area contributed by atoms with Crippen molar-refractivity contribution in [1.82, 2.24) is 8.75 Å². The van der Waals surface area contributed by atoms with Crippen molar-refractivity contribution < 1.29 is 4.79 Å². The van der Waals surface area contributed by atoms with Crippen molar-refractivity contribution in [2.24, 2.45) is 0 Å². The van der Waals surface area contributed by atoms with E-state index in [2.05, 4.69) is 14.1 Å². The summed E-state index contributed by atoms with van der Waals surface area (Å²) >= 11 is 7.35. The van der Waals surface area contributed by atoms with Crippen molar-refractivity contribution in [2.45, 2.75) is 6.92 Å². The molecule has 0 saturated heterocycles. The van der Waals surface area contributed by atoms with Gasteiger partial charge in [0.1, 0.15) is 11.0 Å². The van der Waals surface area contributed by atoms with Crippen molar-refractivity contribution >= 4 is 57.2 Å². The molecule has 2 aromatic carbocycles. The third kappa shape index (κ3) is 2.55. The number of nitrogens with one attached hydrogen (secondary N) is 1. The van der Waals surface area contributed by atoms with Crippen LogP contribution in [0.1, 0.15) is 17.3 Å². The van der Waals surface area contributed by atoms with Crippen LogP contribution in [0.5, 0.6) is 0 Å². The van der Waals surface area contributed by atoms with Crippen LogP contribution in [0.4, 0.5) is 17.1 Å². The van der Waals surface area contributed by atoms with Crippen molar-refractivity contribution in [3.8, 4) is 0 Å². The molecule has 0 atom stereocenters. The summed E-state index contributed by atoms with van der Waals surface area (Å²) in [5.41, 5.74) is 9.58. The van der Waals surface area contributed by atoms with Gasteiger partial charge in [0.05, 0.1) is 22.4 Å². The topological polar surface area (TPSA) is 80.9 Å². The van der Waals surface area contributed by atoms with Crippen LogP contribution in [0.25, 0.3) is 11.0 Å². The number of hydrogen-bond acceptors (Lipinski definition) is 6. The van der Waals surface area contributed by atoms with Crippen LogP contribution in [0.15, 0.2) is 30.3 Å². The second-order valence-corrected chi connectivity index (χ2v) is 5.47. The number of fused-ring (bicyclic) bond motifs is 1. The summed E-state index contributed by atoms with van der Waals surface area (Å²) in [7, 11) is 0. The molecule has 7 heteroatoms. The number of carbonyl (C=O) groups excluding carboxylic acids is 1. The van der Waals surface area contributed by atoms with Crippen LogP contribution in [0, 0.1) is 0 Å². The molecule has 3 N–H and O–H groups in total. The summed E-state index contributed by atoms with van der Waals surface area (Å²) < 4.78 is 8.42. The van der Waals surface area contributed by atoms with Crippen molar-refractivity contribution in [3.05, 3.63) is 40.9 Å². The smallest absolute Gasteiger partial charge is 0.161 e. The molecule has 0 amide bonds. The molecular weight excluding hydrogens is 308 g/mol. The Morgan fingerprint density at radius 3 is 2.86 bits per heavy atom. The zero-order valence-electron chi connectivity index (χ0n) is 11.1. The molecule has 0 unspecified atom stereocenters. The Morgan fingerprint density at radius 2 is 2.10 bits per heavy atom. The van der Waals surface area contributed by atoms with Crippen molar-refractivity contribution in [2.75, 3.05) is 11.1 Å². The molecule has 106 valence electrons. The molecule has 0 aliphatic heterocycles. The predicted octanol–water partition coefficient (Wildman–Crippen LogP) is 3.87. The van der Waals surface area contributed by atoms with E-state index in [1.165, 1.54) is 6.92 Å². The van der Waals surface area contributed by atoms with Gasteiger partial charge < -0.3 is 11.1 Å². The number of halogens is 1. The predicted molar refractivity (Wildman–Crippen MR) is 86.6 cm³/mol. The minimum absolute atomic E-state index is 0.0872. The van der Waals surface area contributed by atoms with E-state index in [4.69, 9.17) is 17.3 Å². The highest BCUT2D eigenvalue weighted by Crippen LogP contribution is 2.33. The van der Waals surface area contributed by atoms with Crippen LogP contribution in [-0.2, 0) is 0 Å². The number of carbonyl (C=O) groups is 1. The second kappa shape index (κ2) is 5.31. The first-order valence-corrected chi connectivity index (χ1v) is 7.25. The summed E-state index contributed by atoms with van der Waals surface area (Å²) in [4.78, 5) is 11.6. The number of benzene rings is 2. The highest BCUT2D eigenvalue weighted by molar-refractivity contribution is 7.00. The van der Waals surface area contributed by atoms with Crippen LogP contribution in [-0.4, -0.2) is 14.5 Å². The zero-order chi connectivity index (χ0) is 15.0. The van der Waals surface area contributed by atoms with Gasteiger partial charge in [-0.1, -0.05) is 11.6 Å². The van der Waals surface area contributed by atoms with Gasteiger partial charge in [0.25, 0.3) is 0 Å². The van der Waals surface area contributed by atoms with E-state index in [0.29, 0.717) is 27.5 Å². The Kier molecular flexibility index (Phi) is 3.48. The Labute approximate surface area is 130 Å². The monoisotopic (exact) mass is 318 g/mol. The average Bonchev–Trinajstić information content (AvgIpc) is 2.92. The standard InChI is InChI=1S/C14H11ClN4OS/c1-7(20)9-6-8(2-4-11(9)16)17-13-10(15)3-5-12-14(13)19-21-18-12/h2-6,17H,16H2,1H3. The Balaban J connectivity index is 2.06. The molecule has 0 bridgehead atoms. The van der Waals surface area contributed by atoms with Gasteiger partial charge in [-0.05, 0) is 37.3 Å². The van der Waals surface area contributed by atoms with Gasteiger partial charge >= 0.3 is 0 Å². The highest BCUT2D eigenvalue weighted by atomic mass is 35.5. The van der Waals surface area contributed by atoms with E-state index in [1.807, 2.05) is 6.07 Å². The summed E-state index contributed by atoms with van der Waals surface area (Å²) in [5, 5.41) is 3.73. The van der Waals surface area contributed by atoms with Gasteiger partial charge in [0, 0.05) is 16.9 Å². The van der Waals surface area contributed by atoms with Gasteiger partial charge in [0.15, 0.2) is 5.78 Å². The normalized spacial score (nSPS) is 10.8. The lowest BCUT2D eigenvalue weighted by Crippen LogP contribution is -2.01. The number of nitrogens with zero attached hydrogens (tertiary/aromatic N) is 2. The van der Waals surface area contributed by atoms with Crippen LogP contribution in [0.2, 0.25) is 5.02 Å². The van der Waals surface area contributed by atoms with E-state index in [1.54, 1.807) is 24.3 Å². The van der Waals surface area contributed by atoms with Gasteiger partial charge in [-0.3, -0.25) is 4.79 Å². The first-order chi connectivity index (χ1) is 10.1. The Bertz CT molecular complexity index is 846. The molecule has 0 spiro atoms. The maximum Gasteiger partial charge on any atom is 0.161 e. The third-order valence-electron chi connectivity index (χ3n) is 3.08. The van der Waals surface area contributed by atoms with Gasteiger partial charge in [-0.15, -0.1) is 0 Å². The molecule has 21 heavy (non-hydrogen) atoms. The summed E-state index contributed by atoms with van der Waals surface area (Å²) in [6, 6.07) is 8.75. The maximum atomic E-state index is 11.6. The summed E-state index contributed by atoms with van der Waals surface area (Å²) in [6.07, 6.45) is 0. The van der Waals surface area contributed by atoms with E-state index in [0.717, 1.165) is 22.9 Å². The third-order valence-corrected chi connectivity index (χ3v) is 3.94. The molecular formula is C14H11ClN4OS. The minimum atomic E-state index is -0.0872. The number of rotatable bonds is 3. The first kappa shape index (κ1) is 13.8. The second-order valence-electron chi connectivity index (χ2n) is 4.54. The maximum absolute atomic E-state index is 11.6. The van der Waals surface area contributed by atoms with Crippen LogP contribution in [0.3, 0.4) is 0 Å². The Morgan fingerprint density at radius 1 is 1.29 bits per heavy atom. The molecule has 1 heterocycles. The molecule has 0 fully saturated rings. The number of anilines is 3. The number of aromatic nitrogens is 2. The molecule has 0 radical (unpaired) electrons. The van der Waals surface area contributed by atoms with E-state index in [9.17, 15) is 4.79 Å². The molecule has 3 aromatic rings. The number of Topliss-reactive ketones (excluding diaryl/α,β-unsaturated/α-hetero) is 1. The number of hydrogen-bond donors (Lipinski definition) is 2. The van der Waals surface area contributed by atoms with Crippen molar-refractivity contribution in [3.63, 3.8) is 0 Å². The lowest BCUT2D eigenvalue weighted by atomic mass is 10.1. The average molecular weight is 319 g/mol. The SMILES string of the molecule is CC(=O)c1cc(Nc2c(Cl)ccc3nsnc23)ccc1N. The molecule has 0 aliphatic carbocycles. The highest BCUT2D eigenvalue weighted by Gasteiger charge is 2.12. The fourth-order valence-electron chi connectivity index (χ4n) is 2.03. The lowest BCUT2D eigenvalue weighted by Gasteiger charge is -2.11. The lowest BCUT2D eigenvalue weighted by molar-refractivity contribution is 0.101. The molecule has 3 rings (SSSR count). The van der Waals surface area contributed by atoms with E-state index >= 15 is 0 Å². The van der Waals surface area contributed by atoms with Crippen LogP contribution < -0.4 is 11.1 Å². The largest absolute Gasteiger partial charge is 0.398 e. The number of ketones is 1. The van der Waals surface area contributed by atoms with Gasteiger partial charge in [0.2, 0.25) is 0 Å². The fourth-order valence-corrected chi connectivity index (χ4v) is 2.77. The fraction of sp³-hybridized carbons (Fsp3) is 0.0714. The molecule has 1 aromatic heterocycles. The van der Waals surface area contributed by atoms with Gasteiger partial charge in [-0.2, -0.15) is 8.75 Å².